The summed E-state index contributed by atoms with van der Waals surface area (Å²) in [6.45, 7) is 5.38. The maximum Gasteiger partial charge on any atom is 0.221 e. The molecule has 0 radical (unpaired) electrons. The van der Waals surface area contributed by atoms with Crippen LogP contribution in [-0.4, -0.2) is 50.3 Å². The largest absolute Gasteiger partial charge is 0.494 e. The highest BCUT2D eigenvalue weighted by Crippen LogP contribution is 2.14. The van der Waals surface area contributed by atoms with E-state index in [9.17, 15) is 4.79 Å². The zero-order chi connectivity index (χ0) is 14.2. The van der Waals surface area contributed by atoms with E-state index in [1.54, 1.807) is 0 Å². The summed E-state index contributed by atoms with van der Waals surface area (Å²) in [5.41, 5.74) is 6.08. The summed E-state index contributed by atoms with van der Waals surface area (Å²) in [5, 5.41) is 0. The van der Waals surface area contributed by atoms with E-state index in [-0.39, 0.29) is 12.3 Å². The van der Waals surface area contributed by atoms with Crippen LogP contribution in [0.2, 0.25) is 0 Å². The molecule has 1 fully saturated rings. The number of morpholine rings is 1. The molecule has 0 atom stereocenters. The second kappa shape index (κ2) is 7.87. The lowest BCUT2D eigenvalue weighted by Crippen LogP contribution is -2.37. The molecule has 0 aromatic heterocycles. The van der Waals surface area contributed by atoms with Gasteiger partial charge in [-0.15, -0.1) is 0 Å². The highest BCUT2D eigenvalue weighted by Gasteiger charge is 2.09. The molecule has 0 bridgehead atoms. The second-order valence-electron chi connectivity index (χ2n) is 4.95. The van der Waals surface area contributed by atoms with Gasteiger partial charge in [-0.25, -0.2) is 0 Å². The number of carbonyl (C=O) groups excluding carboxylic acids is 1. The Balaban J connectivity index is 1.69. The van der Waals surface area contributed by atoms with Gasteiger partial charge in [-0.3, -0.25) is 9.69 Å². The van der Waals surface area contributed by atoms with E-state index in [1.807, 2.05) is 24.3 Å². The Morgan fingerprint density at radius 3 is 2.90 bits per heavy atom. The molecule has 1 aromatic rings. The number of primary amides is 1. The summed E-state index contributed by atoms with van der Waals surface area (Å²) in [5.74, 6) is 0.472. The molecule has 0 aliphatic carbocycles. The number of amides is 1. The quantitative estimate of drug-likeness (QED) is 0.750. The van der Waals surface area contributed by atoms with E-state index >= 15 is 0 Å². The molecular weight excluding hydrogens is 256 g/mol. The first kappa shape index (κ1) is 14.8. The molecule has 110 valence electrons. The van der Waals surface area contributed by atoms with Crippen LogP contribution in [0.25, 0.3) is 0 Å². The fourth-order valence-corrected chi connectivity index (χ4v) is 2.25. The molecule has 1 amide bonds. The normalized spacial score (nSPS) is 16.0. The van der Waals surface area contributed by atoms with Crippen molar-refractivity contribution in [1.29, 1.82) is 0 Å². The van der Waals surface area contributed by atoms with Crippen molar-refractivity contribution >= 4 is 5.91 Å². The van der Waals surface area contributed by atoms with Gasteiger partial charge in [-0.05, 0) is 24.1 Å². The lowest BCUT2D eigenvalue weighted by atomic mass is 10.1. The number of ether oxygens (including phenoxy) is 2. The molecule has 5 nitrogen and oxygen atoms in total. The van der Waals surface area contributed by atoms with Crippen molar-refractivity contribution in [3.8, 4) is 5.75 Å². The molecule has 0 unspecified atom stereocenters. The highest BCUT2D eigenvalue weighted by molar-refractivity contribution is 5.76. The summed E-state index contributed by atoms with van der Waals surface area (Å²) >= 11 is 0. The monoisotopic (exact) mass is 278 g/mol. The van der Waals surface area contributed by atoms with Crippen molar-refractivity contribution in [2.24, 2.45) is 5.73 Å². The Bertz CT molecular complexity index is 431. The van der Waals surface area contributed by atoms with Crippen molar-refractivity contribution in [2.75, 3.05) is 39.5 Å². The topological polar surface area (TPSA) is 64.8 Å². The van der Waals surface area contributed by atoms with Gasteiger partial charge in [0, 0.05) is 19.6 Å². The molecule has 20 heavy (non-hydrogen) atoms. The van der Waals surface area contributed by atoms with Crippen LogP contribution in [0.3, 0.4) is 0 Å². The summed E-state index contributed by atoms with van der Waals surface area (Å²) in [7, 11) is 0. The Labute approximate surface area is 119 Å². The number of hydrogen-bond donors (Lipinski definition) is 1. The molecule has 2 N–H and O–H groups in total. The molecule has 2 rings (SSSR count). The van der Waals surface area contributed by atoms with Crippen LogP contribution >= 0.6 is 0 Å². The maximum absolute atomic E-state index is 10.9. The fraction of sp³-hybridized carbons (Fsp3) is 0.533. The molecule has 1 aliphatic heterocycles. The lowest BCUT2D eigenvalue weighted by molar-refractivity contribution is -0.117. The zero-order valence-corrected chi connectivity index (χ0v) is 11.7. The fourth-order valence-electron chi connectivity index (χ4n) is 2.25. The van der Waals surface area contributed by atoms with E-state index in [2.05, 4.69) is 4.90 Å². The van der Waals surface area contributed by atoms with Crippen LogP contribution in [0, 0.1) is 0 Å². The molecule has 1 heterocycles. The van der Waals surface area contributed by atoms with E-state index in [0.29, 0.717) is 6.61 Å². The van der Waals surface area contributed by atoms with Crippen molar-refractivity contribution in [3.63, 3.8) is 0 Å². The molecule has 1 aromatic carbocycles. The predicted molar refractivity (Wildman–Crippen MR) is 76.7 cm³/mol. The maximum atomic E-state index is 10.9. The Morgan fingerprint density at radius 2 is 2.15 bits per heavy atom. The number of nitrogens with zero attached hydrogens (tertiary/aromatic N) is 1. The molecule has 5 heteroatoms. The van der Waals surface area contributed by atoms with E-state index in [1.165, 1.54) is 0 Å². The molecule has 1 aliphatic rings. The zero-order valence-electron chi connectivity index (χ0n) is 11.7. The van der Waals surface area contributed by atoms with Gasteiger partial charge in [0.2, 0.25) is 5.91 Å². The third-order valence-electron chi connectivity index (χ3n) is 3.27. The number of nitrogens with two attached hydrogens (primary N) is 1. The Hall–Kier alpha value is -1.59. The average Bonchev–Trinajstić information content (AvgIpc) is 2.44. The first-order valence-corrected chi connectivity index (χ1v) is 7.04. The van der Waals surface area contributed by atoms with E-state index < -0.39 is 0 Å². The third kappa shape index (κ3) is 5.19. The smallest absolute Gasteiger partial charge is 0.221 e. The van der Waals surface area contributed by atoms with E-state index in [0.717, 1.165) is 50.6 Å². The van der Waals surface area contributed by atoms with Gasteiger partial charge >= 0.3 is 0 Å². The summed E-state index contributed by atoms with van der Waals surface area (Å²) < 4.78 is 11.0. The van der Waals surface area contributed by atoms with Crippen LogP contribution in [0.15, 0.2) is 24.3 Å². The van der Waals surface area contributed by atoms with E-state index in [4.69, 9.17) is 15.2 Å². The van der Waals surface area contributed by atoms with Crippen LogP contribution in [0.5, 0.6) is 5.75 Å². The first-order valence-electron chi connectivity index (χ1n) is 7.04. The highest BCUT2D eigenvalue weighted by atomic mass is 16.5. The minimum atomic E-state index is -0.325. The number of rotatable bonds is 7. The van der Waals surface area contributed by atoms with Crippen LogP contribution in [0.4, 0.5) is 0 Å². The van der Waals surface area contributed by atoms with Crippen LogP contribution in [0.1, 0.15) is 12.0 Å². The molecular formula is C15H22N2O3. The van der Waals surface area contributed by atoms with Gasteiger partial charge in [-0.1, -0.05) is 12.1 Å². The Kier molecular flexibility index (Phi) is 5.83. The minimum Gasteiger partial charge on any atom is -0.494 e. The van der Waals surface area contributed by atoms with Crippen molar-refractivity contribution < 1.29 is 14.3 Å². The van der Waals surface area contributed by atoms with Gasteiger partial charge in [0.15, 0.2) is 0 Å². The van der Waals surface area contributed by atoms with Gasteiger partial charge < -0.3 is 15.2 Å². The minimum absolute atomic E-state index is 0.255. The Morgan fingerprint density at radius 1 is 1.35 bits per heavy atom. The van der Waals surface area contributed by atoms with Crippen molar-refractivity contribution in [2.45, 2.75) is 12.8 Å². The van der Waals surface area contributed by atoms with Gasteiger partial charge in [0.25, 0.3) is 0 Å². The third-order valence-corrected chi connectivity index (χ3v) is 3.27. The van der Waals surface area contributed by atoms with Gasteiger partial charge in [-0.2, -0.15) is 0 Å². The number of benzene rings is 1. The van der Waals surface area contributed by atoms with Crippen molar-refractivity contribution in [1.82, 2.24) is 4.90 Å². The second-order valence-corrected chi connectivity index (χ2v) is 4.95. The van der Waals surface area contributed by atoms with Gasteiger partial charge in [0.1, 0.15) is 5.75 Å². The molecule has 0 saturated carbocycles. The SMILES string of the molecule is NC(=O)Cc1cccc(OCCCN2CCOCC2)c1. The molecule has 1 saturated heterocycles. The van der Waals surface area contributed by atoms with Crippen LogP contribution in [-0.2, 0) is 16.0 Å². The standard InChI is InChI=1S/C15H22N2O3/c16-15(18)12-13-3-1-4-14(11-13)20-8-2-5-17-6-9-19-10-7-17/h1,3-4,11H,2,5-10,12H2,(H2,16,18). The summed E-state index contributed by atoms with van der Waals surface area (Å²) in [4.78, 5) is 13.3. The number of carbonyl (C=O) groups is 1. The van der Waals surface area contributed by atoms with Crippen molar-refractivity contribution in [3.05, 3.63) is 29.8 Å². The number of hydrogen-bond acceptors (Lipinski definition) is 4. The summed E-state index contributed by atoms with van der Waals surface area (Å²) in [6, 6.07) is 7.54. The molecule has 0 spiro atoms. The van der Waals surface area contributed by atoms with Crippen LogP contribution < -0.4 is 10.5 Å². The first-order chi connectivity index (χ1) is 9.74. The summed E-state index contributed by atoms with van der Waals surface area (Å²) in [6.07, 6.45) is 1.24. The average molecular weight is 278 g/mol. The van der Waals surface area contributed by atoms with Gasteiger partial charge in [0.05, 0.1) is 26.2 Å². The lowest BCUT2D eigenvalue weighted by Gasteiger charge is -2.26. The predicted octanol–water partition coefficient (Wildman–Crippen LogP) is 0.816.